The van der Waals surface area contributed by atoms with Crippen molar-refractivity contribution in [3.63, 3.8) is 0 Å². The van der Waals surface area contributed by atoms with E-state index in [0.717, 1.165) is 18.6 Å². The van der Waals surface area contributed by atoms with E-state index in [1.807, 2.05) is 11.8 Å². The Kier molecular flexibility index (Phi) is 5.12. The molecule has 3 atom stereocenters. The van der Waals surface area contributed by atoms with Crippen LogP contribution in [-0.4, -0.2) is 41.2 Å². The summed E-state index contributed by atoms with van der Waals surface area (Å²) >= 11 is 1.85. The molecule has 1 rings (SSSR count). The number of hydrogen-bond donors (Lipinski definition) is 2. The molecule has 1 saturated heterocycles. The number of hydrogen-bond acceptors (Lipinski definition) is 3. The van der Waals surface area contributed by atoms with E-state index in [1.165, 1.54) is 0 Å². The van der Waals surface area contributed by atoms with E-state index in [9.17, 15) is 8.78 Å². The van der Waals surface area contributed by atoms with Crippen LogP contribution in [0.4, 0.5) is 8.78 Å². The Bertz CT molecular complexity index is 171. The average molecular weight is 225 g/mol. The van der Waals surface area contributed by atoms with E-state index in [-0.39, 0.29) is 12.6 Å². The predicted molar refractivity (Wildman–Crippen MR) is 55.0 cm³/mol. The molecule has 1 aliphatic rings. The number of nitrogens with one attached hydrogen (secondary N) is 1. The largest absolute Gasteiger partial charge is 0.386 e. The molecule has 84 valence electrons. The highest BCUT2D eigenvalue weighted by Crippen LogP contribution is 2.24. The van der Waals surface area contributed by atoms with Gasteiger partial charge in [0, 0.05) is 17.8 Å². The summed E-state index contributed by atoms with van der Waals surface area (Å²) in [5.74, 6) is 1.15. The fourth-order valence-corrected chi connectivity index (χ4v) is 2.72. The maximum absolute atomic E-state index is 12.0. The molecular weight excluding hydrogens is 208 g/mol. The second-order valence-electron chi connectivity index (χ2n) is 3.63. The zero-order valence-electron chi connectivity index (χ0n) is 8.25. The molecular formula is C9H17F2NOS. The zero-order valence-corrected chi connectivity index (χ0v) is 9.07. The molecule has 14 heavy (non-hydrogen) atoms. The van der Waals surface area contributed by atoms with Crippen LogP contribution in [0.15, 0.2) is 0 Å². The van der Waals surface area contributed by atoms with Crippen LogP contribution in [0.25, 0.3) is 0 Å². The first-order chi connectivity index (χ1) is 6.61. The Morgan fingerprint density at radius 1 is 1.57 bits per heavy atom. The van der Waals surface area contributed by atoms with Gasteiger partial charge in [0.2, 0.25) is 0 Å². The van der Waals surface area contributed by atoms with Crippen molar-refractivity contribution < 1.29 is 13.9 Å². The smallest absolute Gasteiger partial charge is 0.265 e. The maximum Gasteiger partial charge on any atom is 0.265 e. The molecule has 0 saturated carbocycles. The minimum atomic E-state index is -2.64. The summed E-state index contributed by atoms with van der Waals surface area (Å²) in [6.07, 6.45) is -2.04. The van der Waals surface area contributed by atoms with Gasteiger partial charge in [0.05, 0.1) is 0 Å². The van der Waals surface area contributed by atoms with Gasteiger partial charge in [0.1, 0.15) is 6.10 Å². The van der Waals surface area contributed by atoms with E-state index >= 15 is 0 Å². The van der Waals surface area contributed by atoms with Crippen LogP contribution in [0.3, 0.4) is 0 Å². The van der Waals surface area contributed by atoms with E-state index in [0.29, 0.717) is 5.25 Å². The highest BCUT2D eigenvalue weighted by molar-refractivity contribution is 7.99. The summed E-state index contributed by atoms with van der Waals surface area (Å²) in [7, 11) is 0. The van der Waals surface area contributed by atoms with Gasteiger partial charge in [-0.3, -0.25) is 0 Å². The molecule has 2 nitrogen and oxygen atoms in total. The molecule has 0 radical (unpaired) electrons. The fourth-order valence-electron chi connectivity index (χ4n) is 1.55. The molecule has 0 spiro atoms. The second-order valence-corrected chi connectivity index (χ2v) is 5.12. The van der Waals surface area contributed by atoms with Crippen molar-refractivity contribution in [1.29, 1.82) is 0 Å². The molecule has 1 fully saturated rings. The molecule has 5 heteroatoms. The number of thioether (sulfide) groups is 1. The molecule has 0 aromatic heterocycles. The molecule has 0 aromatic rings. The maximum atomic E-state index is 12.0. The van der Waals surface area contributed by atoms with Crippen LogP contribution in [0.1, 0.15) is 19.8 Å². The minimum absolute atomic E-state index is 0.00671. The lowest BCUT2D eigenvalue weighted by atomic mass is 10.1. The van der Waals surface area contributed by atoms with E-state index in [2.05, 4.69) is 12.2 Å². The van der Waals surface area contributed by atoms with E-state index < -0.39 is 12.5 Å². The van der Waals surface area contributed by atoms with Gasteiger partial charge in [0.25, 0.3) is 6.43 Å². The first-order valence-corrected chi connectivity index (χ1v) is 5.97. The van der Waals surface area contributed by atoms with Crippen LogP contribution >= 0.6 is 11.8 Å². The average Bonchev–Trinajstić information content (AvgIpc) is 2.16. The van der Waals surface area contributed by atoms with Crippen molar-refractivity contribution in [2.75, 3.05) is 12.3 Å². The van der Waals surface area contributed by atoms with E-state index in [1.54, 1.807) is 0 Å². The highest BCUT2D eigenvalue weighted by atomic mass is 32.2. The first kappa shape index (κ1) is 12.2. The summed E-state index contributed by atoms with van der Waals surface area (Å²) in [6.45, 7) is 2.09. The number of aliphatic hydroxyl groups excluding tert-OH is 1. The van der Waals surface area contributed by atoms with Crippen LogP contribution in [0.5, 0.6) is 0 Å². The van der Waals surface area contributed by atoms with Gasteiger partial charge in [-0.15, -0.1) is 0 Å². The number of halogens is 2. The fraction of sp³-hybridized carbons (Fsp3) is 1.00. The topological polar surface area (TPSA) is 32.3 Å². The lowest BCUT2D eigenvalue weighted by Crippen LogP contribution is -2.44. The van der Waals surface area contributed by atoms with Crippen molar-refractivity contribution in [2.24, 2.45) is 0 Å². The van der Waals surface area contributed by atoms with Gasteiger partial charge in [-0.05, 0) is 18.6 Å². The third-order valence-corrected chi connectivity index (χ3v) is 3.87. The third kappa shape index (κ3) is 3.71. The summed E-state index contributed by atoms with van der Waals surface area (Å²) in [5, 5.41) is 12.4. The van der Waals surface area contributed by atoms with Crippen LogP contribution in [0, 0.1) is 0 Å². The third-order valence-electron chi connectivity index (χ3n) is 2.49. The minimum Gasteiger partial charge on any atom is -0.386 e. The highest BCUT2D eigenvalue weighted by Gasteiger charge is 2.24. The summed E-state index contributed by atoms with van der Waals surface area (Å²) in [6, 6.07) is 0.266. The van der Waals surface area contributed by atoms with Gasteiger partial charge in [0.15, 0.2) is 0 Å². The molecule has 0 aromatic carbocycles. The summed E-state index contributed by atoms with van der Waals surface area (Å²) in [4.78, 5) is 0. The normalized spacial score (nSPS) is 30.6. The van der Waals surface area contributed by atoms with Gasteiger partial charge in [-0.1, -0.05) is 6.92 Å². The van der Waals surface area contributed by atoms with Crippen molar-refractivity contribution in [1.82, 2.24) is 5.32 Å². The quantitative estimate of drug-likeness (QED) is 0.760. The Morgan fingerprint density at radius 2 is 2.29 bits per heavy atom. The van der Waals surface area contributed by atoms with Gasteiger partial charge >= 0.3 is 0 Å². The van der Waals surface area contributed by atoms with Gasteiger partial charge in [-0.25, -0.2) is 8.78 Å². The molecule has 0 aliphatic carbocycles. The van der Waals surface area contributed by atoms with Crippen molar-refractivity contribution in [2.45, 2.75) is 43.6 Å². The van der Waals surface area contributed by atoms with Gasteiger partial charge in [-0.2, -0.15) is 11.8 Å². The molecule has 3 unspecified atom stereocenters. The molecule has 0 bridgehead atoms. The first-order valence-electron chi connectivity index (χ1n) is 4.92. The Labute approximate surface area is 87.5 Å². The Balaban J connectivity index is 2.22. The number of alkyl halides is 2. The second kappa shape index (κ2) is 5.88. The lowest BCUT2D eigenvalue weighted by molar-refractivity contribution is -0.00475. The zero-order chi connectivity index (χ0) is 10.6. The predicted octanol–water partition coefficient (Wildman–Crippen LogP) is 1.49. The Morgan fingerprint density at radius 3 is 2.86 bits per heavy atom. The van der Waals surface area contributed by atoms with Crippen LogP contribution in [0.2, 0.25) is 0 Å². The van der Waals surface area contributed by atoms with Crippen LogP contribution < -0.4 is 5.32 Å². The molecule has 1 heterocycles. The van der Waals surface area contributed by atoms with Crippen molar-refractivity contribution in [3.05, 3.63) is 0 Å². The summed E-state index contributed by atoms with van der Waals surface area (Å²) < 4.78 is 24.0. The lowest BCUT2D eigenvalue weighted by Gasteiger charge is -2.29. The SMILES string of the molecule is CC1SCCCC1NCC(O)C(F)F. The van der Waals surface area contributed by atoms with E-state index in [4.69, 9.17) is 5.11 Å². The Hall–Kier alpha value is 0.130. The van der Waals surface area contributed by atoms with Crippen LogP contribution in [-0.2, 0) is 0 Å². The van der Waals surface area contributed by atoms with Gasteiger partial charge < -0.3 is 10.4 Å². The number of aliphatic hydroxyl groups is 1. The molecule has 2 N–H and O–H groups in total. The summed E-state index contributed by atoms with van der Waals surface area (Å²) in [5.41, 5.74) is 0. The monoisotopic (exact) mass is 225 g/mol. The standard InChI is InChI=1S/C9H17F2NOS/c1-6-7(3-2-4-14-6)12-5-8(13)9(10)11/h6-9,12-13H,2-5H2,1H3. The number of rotatable bonds is 4. The molecule has 1 aliphatic heterocycles. The van der Waals surface area contributed by atoms with Crippen molar-refractivity contribution >= 4 is 11.8 Å². The van der Waals surface area contributed by atoms with Crippen molar-refractivity contribution in [3.8, 4) is 0 Å². The molecule has 0 amide bonds.